The van der Waals surface area contributed by atoms with Crippen molar-refractivity contribution in [2.24, 2.45) is 0 Å². The van der Waals surface area contributed by atoms with Crippen LogP contribution in [-0.2, 0) is 4.74 Å². The van der Waals surface area contributed by atoms with Gasteiger partial charge in [-0.1, -0.05) is 0 Å². The Bertz CT molecular complexity index is 378. The van der Waals surface area contributed by atoms with Gasteiger partial charge in [0.15, 0.2) is 0 Å². The maximum atomic E-state index is 10.2. The second kappa shape index (κ2) is 5.30. The van der Waals surface area contributed by atoms with Gasteiger partial charge in [-0.15, -0.1) is 0 Å². The molecule has 2 N–H and O–H groups in total. The number of aromatic nitrogens is 3. The molecule has 8 heteroatoms. The van der Waals surface area contributed by atoms with Crippen molar-refractivity contribution >= 4 is 29.2 Å². The van der Waals surface area contributed by atoms with Gasteiger partial charge in [-0.05, 0) is 23.2 Å². The molecule has 2 heterocycles. The topological polar surface area (TPSA) is 80.2 Å². The van der Waals surface area contributed by atoms with Gasteiger partial charge in [0.2, 0.25) is 16.5 Å². The standard InChI is InChI=1S/C9H12Cl2N4O2/c10-6-13-7(11)15-8(14-6)12-5-9(16)1-3-17-4-2-9/h16H,1-5H2,(H,12,13,14,15). The third-order valence-corrected chi connectivity index (χ3v) is 2.92. The molecule has 1 aromatic heterocycles. The summed E-state index contributed by atoms with van der Waals surface area (Å²) in [6, 6.07) is 0. The monoisotopic (exact) mass is 278 g/mol. The number of aliphatic hydroxyl groups is 1. The van der Waals surface area contributed by atoms with Crippen LogP contribution in [-0.4, -0.2) is 45.4 Å². The van der Waals surface area contributed by atoms with Gasteiger partial charge >= 0.3 is 0 Å². The number of ether oxygens (including phenoxy) is 1. The minimum atomic E-state index is -0.802. The number of hydrogen-bond acceptors (Lipinski definition) is 6. The number of nitrogens with one attached hydrogen (secondary N) is 1. The van der Waals surface area contributed by atoms with E-state index in [1.807, 2.05) is 0 Å². The first-order valence-electron chi connectivity index (χ1n) is 5.18. The van der Waals surface area contributed by atoms with Crippen molar-refractivity contribution in [3.63, 3.8) is 0 Å². The third-order valence-electron chi connectivity index (χ3n) is 2.58. The van der Waals surface area contributed by atoms with Crippen LogP contribution in [0.5, 0.6) is 0 Å². The molecule has 0 saturated carbocycles. The van der Waals surface area contributed by atoms with E-state index in [0.717, 1.165) is 0 Å². The van der Waals surface area contributed by atoms with Crippen LogP contribution in [0.2, 0.25) is 10.6 Å². The van der Waals surface area contributed by atoms with E-state index in [2.05, 4.69) is 20.3 Å². The summed E-state index contributed by atoms with van der Waals surface area (Å²) in [7, 11) is 0. The summed E-state index contributed by atoms with van der Waals surface area (Å²) in [5.74, 6) is 0.259. The van der Waals surface area contributed by atoms with Gasteiger partial charge in [0.1, 0.15) is 0 Å². The third kappa shape index (κ3) is 3.64. The Morgan fingerprint density at radius 3 is 2.35 bits per heavy atom. The zero-order chi connectivity index (χ0) is 12.3. The van der Waals surface area contributed by atoms with Crippen LogP contribution in [0.25, 0.3) is 0 Å². The molecular weight excluding hydrogens is 267 g/mol. The van der Waals surface area contributed by atoms with E-state index in [4.69, 9.17) is 27.9 Å². The number of halogens is 2. The molecule has 0 bridgehead atoms. The zero-order valence-corrected chi connectivity index (χ0v) is 10.5. The van der Waals surface area contributed by atoms with Crippen molar-refractivity contribution in [3.05, 3.63) is 10.6 Å². The molecule has 1 fully saturated rings. The van der Waals surface area contributed by atoms with Gasteiger partial charge in [0.05, 0.1) is 5.60 Å². The molecule has 0 radical (unpaired) electrons. The van der Waals surface area contributed by atoms with Gasteiger partial charge in [-0.3, -0.25) is 0 Å². The summed E-state index contributed by atoms with van der Waals surface area (Å²) in [4.78, 5) is 11.3. The highest BCUT2D eigenvalue weighted by Gasteiger charge is 2.29. The lowest BCUT2D eigenvalue weighted by atomic mass is 9.94. The molecule has 2 rings (SSSR count). The lowest BCUT2D eigenvalue weighted by molar-refractivity contribution is -0.0544. The fourth-order valence-corrected chi connectivity index (χ4v) is 1.94. The van der Waals surface area contributed by atoms with Gasteiger partial charge in [0, 0.05) is 32.6 Å². The molecule has 0 unspecified atom stereocenters. The average molecular weight is 279 g/mol. The lowest BCUT2D eigenvalue weighted by Crippen LogP contribution is -2.42. The van der Waals surface area contributed by atoms with E-state index in [9.17, 15) is 5.11 Å². The summed E-state index contributed by atoms with van der Waals surface area (Å²) in [6.07, 6.45) is 1.15. The highest BCUT2D eigenvalue weighted by atomic mass is 35.5. The van der Waals surface area contributed by atoms with E-state index < -0.39 is 5.60 Å². The van der Waals surface area contributed by atoms with Crippen LogP contribution in [0.4, 0.5) is 5.95 Å². The molecule has 1 saturated heterocycles. The maximum absolute atomic E-state index is 10.2. The summed E-state index contributed by atoms with van der Waals surface area (Å²) >= 11 is 11.3. The largest absolute Gasteiger partial charge is 0.388 e. The summed E-state index contributed by atoms with van der Waals surface area (Å²) in [6.45, 7) is 1.43. The number of anilines is 1. The minimum absolute atomic E-state index is 0.0199. The first kappa shape index (κ1) is 12.8. The molecule has 1 aliphatic rings. The Morgan fingerprint density at radius 1 is 1.18 bits per heavy atom. The Kier molecular flexibility index (Phi) is 3.98. The predicted octanol–water partition coefficient (Wildman–Crippen LogP) is 1.13. The first-order chi connectivity index (χ1) is 8.07. The molecule has 0 spiro atoms. The molecule has 1 aromatic rings. The summed E-state index contributed by atoms with van der Waals surface area (Å²) in [5.41, 5.74) is -0.802. The van der Waals surface area contributed by atoms with Crippen LogP contribution in [0, 0.1) is 0 Å². The van der Waals surface area contributed by atoms with Gasteiger partial charge in [-0.2, -0.15) is 15.0 Å². The highest BCUT2D eigenvalue weighted by Crippen LogP contribution is 2.20. The molecule has 0 aliphatic carbocycles. The van der Waals surface area contributed by atoms with Gasteiger partial charge < -0.3 is 15.2 Å². The van der Waals surface area contributed by atoms with Crippen molar-refractivity contribution in [1.29, 1.82) is 0 Å². The fourth-order valence-electron chi connectivity index (χ4n) is 1.58. The second-order valence-corrected chi connectivity index (χ2v) is 4.56. The normalized spacial score (nSPS) is 19.0. The average Bonchev–Trinajstić information content (AvgIpc) is 2.26. The number of nitrogens with zero attached hydrogens (tertiary/aromatic N) is 3. The summed E-state index contributed by atoms with van der Waals surface area (Å²) < 4.78 is 5.18. The Morgan fingerprint density at radius 2 is 1.76 bits per heavy atom. The van der Waals surface area contributed by atoms with E-state index in [0.29, 0.717) is 32.6 Å². The lowest BCUT2D eigenvalue weighted by Gasteiger charge is -2.31. The molecule has 1 aliphatic heterocycles. The minimum Gasteiger partial charge on any atom is -0.388 e. The molecule has 6 nitrogen and oxygen atoms in total. The first-order valence-corrected chi connectivity index (χ1v) is 5.94. The molecular formula is C9H12Cl2N4O2. The van der Waals surface area contributed by atoms with Crippen LogP contribution in [0.1, 0.15) is 12.8 Å². The SMILES string of the molecule is OC1(CNc2nc(Cl)nc(Cl)n2)CCOCC1. The van der Waals surface area contributed by atoms with Crippen LogP contribution in [0.15, 0.2) is 0 Å². The van der Waals surface area contributed by atoms with E-state index in [1.54, 1.807) is 0 Å². The van der Waals surface area contributed by atoms with Crippen molar-refractivity contribution in [2.45, 2.75) is 18.4 Å². The number of hydrogen-bond donors (Lipinski definition) is 2. The second-order valence-electron chi connectivity index (χ2n) is 3.89. The number of rotatable bonds is 3. The molecule has 94 valence electrons. The van der Waals surface area contributed by atoms with Crippen LogP contribution < -0.4 is 5.32 Å². The quantitative estimate of drug-likeness (QED) is 0.863. The molecule has 0 atom stereocenters. The Labute approximate surface area is 108 Å². The predicted molar refractivity (Wildman–Crippen MR) is 63.3 cm³/mol. The van der Waals surface area contributed by atoms with Crippen LogP contribution in [0.3, 0.4) is 0 Å². The zero-order valence-electron chi connectivity index (χ0n) is 8.99. The van der Waals surface area contributed by atoms with E-state index in [-0.39, 0.29) is 16.5 Å². The van der Waals surface area contributed by atoms with Crippen molar-refractivity contribution in [1.82, 2.24) is 15.0 Å². The maximum Gasteiger partial charge on any atom is 0.228 e. The van der Waals surface area contributed by atoms with E-state index >= 15 is 0 Å². The van der Waals surface area contributed by atoms with Crippen molar-refractivity contribution in [2.75, 3.05) is 25.1 Å². The smallest absolute Gasteiger partial charge is 0.228 e. The fraction of sp³-hybridized carbons (Fsp3) is 0.667. The van der Waals surface area contributed by atoms with Crippen molar-refractivity contribution in [3.8, 4) is 0 Å². The Balaban J connectivity index is 1.96. The van der Waals surface area contributed by atoms with Crippen LogP contribution >= 0.6 is 23.2 Å². The molecule has 17 heavy (non-hydrogen) atoms. The van der Waals surface area contributed by atoms with Crippen molar-refractivity contribution < 1.29 is 9.84 Å². The van der Waals surface area contributed by atoms with Gasteiger partial charge in [0.25, 0.3) is 0 Å². The van der Waals surface area contributed by atoms with E-state index in [1.165, 1.54) is 0 Å². The molecule has 0 aromatic carbocycles. The Hall–Kier alpha value is -0.690. The summed E-state index contributed by atoms with van der Waals surface area (Å²) in [5, 5.41) is 13.1. The van der Waals surface area contributed by atoms with Gasteiger partial charge in [-0.25, -0.2) is 0 Å². The highest BCUT2D eigenvalue weighted by molar-refractivity contribution is 6.31. The molecule has 0 amide bonds.